The average Bonchev–Trinajstić information content (AvgIpc) is 2.40. The first-order chi connectivity index (χ1) is 8.66. The molecule has 6 heteroatoms. The van der Waals surface area contributed by atoms with Gasteiger partial charge in [-0.1, -0.05) is 24.3 Å². The van der Waals surface area contributed by atoms with E-state index < -0.39 is 6.04 Å². The second-order valence-electron chi connectivity index (χ2n) is 3.99. The van der Waals surface area contributed by atoms with Gasteiger partial charge in [0.1, 0.15) is 5.78 Å². The molecule has 0 saturated heterocycles. The van der Waals surface area contributed by atoms with Crippen LogP contribution in [0.15, 0.2) is 30.6 Å². The molecular formula is C12H13N5O. The SMILES string of the molecule is CC(=O)C(N)Cc1ccc(-c2nncnn2)cc1. The lowest BCUT2D eigenvalue weighted by molar-refractivity contribution is -0.118. The van der Waals surface area contributed by atoms with Crippen LogP contribution in [0.4, 0.5) is 0 Å². The second-order valence-corrected chi connectivity index (χ2v) is 3.99. The molecule has 0 saturated carbocycles. The summed E-state index contributed by atoms with van der Waals surface area (Å²) in [5.41, 5.74) is 7.53. The molecule has 2 aromatic rings. The Kier molecular flexibility index (Phi) is 3.69. The quantitative estimate of drug-likeness (QED) is 0.834. The van der Waals surface area contributed by atoms with E-state index in [4.69, 9.17) is 5.73 Å². The third kappa shape index (κ3) is 2.92. The van der Waals surface area contributed by atoms with Gasteiger partial charge in [-0.15, -0.1) is 20.4 Å². The van der Waals surface area contributed by atoms with Gasteiger partial charge in [0.2, 0.25) is 5.82 Å². The van der Waals surface area contributed by atoms with E-state index in [1.54, 1.807) is 0 Å². The molecule has 0 spiro atoms. The van der Waals surface area contributed by atoms with Crippen LogP contribution in [0.2, 0.25) is 0 Å². The molecule has 6 nitrogen and oxygen atoms in total. The average molecular weight is 243 g/mol. The van der Waals surface area contributed by atoms with Crippen molar-refractivity contribution < 1.29 is 4.79 Å². The van der Waals surface area contributed by atoms with E-state index in [0.29, 0.717) is 12.2 Å². The summed E-state index contributed by atoms with van der Waals surface area (Å²) in [6.45, 7) is 1.49. The zero-order chi connectivity index (χ0) is 13.0. The molecule has 0 amide bonds. The maximum absolute atomic E-state index is 11.1. The highest BCUT2D eigenvalue weighted by Crippen LogP contribution is 2.14. The van der Waals surface area contributed by atoms with Crippen LogP contribution in [0.5, 0.6) is 0 Å². The molecule has 0 fully saturated rings. The van der Waals surface area contributed by atoms with Gasteiger partial charge < -0.3 is 5.73 Å². The fourth-order valence-corrected chi connectivity index (χ4v) is 1.51. The Hall–Kier alpha value is -2.21. The number of aromatic nitrogens is 4. The van der Waals surface area contributed by atoms with Gasteiger partial charge in [-0.05, 0) is 18.9 Å². The van der Waals surface area contributed by atoms with Crippen LogP contribution >= 0.6 is 0 Å². The van der Waals surface area contributed by atoms with Crippen LogP contribution in [-0.2, 0) is 11.2 Å². The van der Waals surface area contributed by atoms with Crippen molar-refractivity contribution in [2.45, 2.75) is 19.4 Å². The van der Waals surface area contributed by atoms with Crippen LogP contribution in [-0.4, -0.2) is 32.2 Å². The Morgan fingerprint density at radius 2 is 1.83 bits per heavy atom. The highest BCUT2D eigenvalue weighted by molar-refractivity contribution is 5.81. The summed E-state index contributed by atoms with van der Waals surface area (Å²) in [6.07, 6.45) is 1.81. The zero-order valence-corrected chi connectivity index (χ0v) is 9.95. The summed E-state index contributed by atoms with van der Waals surface area (Å²) in [5.74, 6) is 0.457. The van der Waals surface area contributed by atoms with Gasteiger partial charge in [-0.3, -0.25) is 4.79 Å². The van der Waals surface area contributed by atoms with Crippen molar-refractivity contribution in [1.82, 2.24) is 20.4 Å². The predicted molar refractivity (Wildman–Crippen MR) is 65.4 cm³/mol. The number of hydrogen-bond acceptors (Lipinski definition) is 6. The molecule has 0 aliphatic carbocycles. The lowest BCUT2D eigenvalue weighted by Crippen LogP contribution is -2.30. The Balaban J connectivity index is 2.13. The molecule has 1 aromatic carbocycles. The van der Waals surface area contributed by atoms with Gasteiger partial charge in [0, 0.05) is 5.56 Å². The smallest absolute Gasteiger partial charge is 0.203 e. The number of ketones is 1. The first kappa shape index (κ1) is 12.3. The van der Waals surface area contributed by atoms with Crippen molar-refractivity contribution in [3.05, 3.63) is 36.2 Å². The molecule has 0 aliphatic rings. The summed E-state index contributed by atoms with van der Waals surface area (Å²) in [7, 11) is 0. The minimum Gasteiger partial charge on any atom is -0.321 e. The Morgan fingerprint density at radius 1 is 1.22 bits per heavy atom. The van der Waals surface area contributed by atoms with E-state index >= 15 is 0 Å². The van der Waals surface area contributed by atoms with Crippen molar-refractivity contribution in [2.24, 2.45) is 5.73 Å². The summed E-state index contributed by atoms with van der Waals surface area (Å²) in [5, 5.41) is 15.1. The van der Waals surface area contributed by atoms with Crippen molar-refractivity contribution in [3.8, 4) is 11.4 Å². The van der Waals surface area contributed by atoms with Gasteiger partial charge in [-0.25, -0.2) is 0 Å². The Bertz CT molecular complexity index is 526. The highest BCUT2D eigenvalue weighted by Gasteiger charge is 2.09. The molecule has 92 valence electrons. The minimum atomic E-state index is -0.452. The second kappa shape index (κ2) is 5.42. The van der Waals surface area contributed by atoms with Crippen LogP contribution in [0.25, 0.3) is 11.4 Å². The minimum absolute atomic E-state index is 0.0149. The molecule has 1 aromatic heterocycles. The molecular weight excluding hydrogens is 230 g/mol. The van der Waals surface area contributed by atoms with Crippen LogP contribution < -0.4 is 5.73 Å². The number of Topliss-reactive ketones (excluding diaryl/α,β-unsaturated/α-hetero) is 1. The lowest BCUT2D eigenvalue weighted by atomic mass is 10.0. The first-order valence-corrected chi connectivity index (χ1v) is 5.52. The molecule has 1 heterocycles. The van der Waals surface area contributed by atoms with Crippen molar-refractivity contribution in [3.63, 3.8) is 0 Å². The fourth-order valence-electron chi connectivity index (χ4n) is 1.51. The Labute approximate surface area is 104 Å². The normalized spacial score (nSPS) is 12.1. The monoisotopic (exact) mass is 243 g/mol. The molecule has 18 heavy (non-hydrogen) atoms. The summed E-state index contributed by atoms with van der Waals surface area (Å²) >= 11 is 0. The maximum Gasteiger partial charge on any atom is 0.203 e. The number of hydrogen-bond donors (Lipinski definition) is 1. The molecule has 2 rings (SSSR count). The molecule has 1 atom stereocenters. The maximum atomic E-state index is 11.1. The number of nitrogens with two attached hydrogens (primary N) is 1. The number of benzene rings is 1. The van der Waals surface area contributed by atoms with Crippen LogP contribution in [0.1, 0.15) is 12.5 Å². The van der Waals surface area contributed by atoms with Crippen molar-refractivity contribution in [2.75, 3.05) is 0 Å². The highest BCUT2D eigenvalue weighted by atomic mass is 16.1. The van der Waals surface area contributed by atoms with Gasteiger partial charge in [0.15, 0.2) is 6.33 Å². The van der Waals surface area contributed by atoms with Gasteiger partial charge >= 0.3 is 0 Å². The Morgan fingerprint density at radius 3 is 2.39 bits per heavy atom. The van der Waals surface area contributed by atoms with Crippen LogP contribution in [0, 0.1) is 0 Å². The number of rotatable bonds is 4. The summed E-state index contributed by atoms with van der Waals surface area (Å²) < 4.78 is 0. The third-order valence-electron chi connectivity index (χ3n) is 2.60. The van der Waals surface area contributed by atoms with Gasteiger partial charge in [0.05, 0.1) is 6.04 Å². The summed E-state index contributed by atoms with van der Waals surface area (Å²) in [6, 6.07) is 7.07. The third-order valence-corrected chi connectivity index (χ3v) is 2.60. The molecule has 1 unspecified atom stereocenters. The van der Waals surface area contributed by atoms with E-state index in [9.17, 15) is 4.79 Å². The largest absolute Gasteiger partial charge is 0.321 e. The van der Waals surface area contributed by atoms with E-state index in [1.165, 1.54) is 13.3 Å². The standard InChI is InChI=1S/C12H13N5O/c1-8(18)11(13)6-9-2-4-10(5-3-9)12-16-14-7-15-17-12/h2-5,7,11H,6,13H2,1H3. The van der Waals surface area contributed by atoms with Gasteiger partial charge in [0.25, 0.3) is 0 Å². The van der Waals surface area contributed by atoms with E-state index in [2.05, 4.69) is 20.4 Å². The van der Waals surface area contributed by atoms with Gasteiger partial charge in [-0.2, -0.15) is 0 Å². The fraction of sp³-hybridized carbons (Fsp3) is 0.250. The zero-order valence-electron chi connectivity index (χ0n) is 9.95. The summed E-state index contributed by atoms with van der Waals surface area (Å²) in [4.78, 5) is 11.1. The molecule has 0 aliphatic heterocycles. The van der Waals surface area contributed by atoms with Crippen molar-refractivity contribution >= 4 is 5.78 Å². The molecule has 0 radical (unpaired) electrons. The van der Waals surface area contributed by atoms with Crippen LogP contribution in [0.3, 0.4) is 0 Å². The first-order valence-electron chi connectivity index (χ1n) is 5.52. The number of carbonyl (C=O) groups is 1. The van der Waals surface area contributed by atoms with E-state index in [1.807, 2.05) is 24.3 Å². The lowest BCUT2D eigenvalue weighted by Gasteiger charge is -2.07. The molecule has 0 bridgehead atoms. The number of carbonyl (C=O) groups excluding carboxylic acids is 1. The van der Waals surface area contributed by atoms with Crippen molar-refractivity contribution in [1.29, 1.82) is 0 Å². The molecule has 2 N–H and O–H groups in total. The van der Waals surface area contributed by atoms with E-state index in [0.717, 1.165) is 11.1 Å². The predicted octanol–water partition coefficient (Wildman–Crippen LogP) is 0.392. The topological polar surface area (TPSA) is 94.7 Å². The van der Waals surface area contributed by atoms with E-state index in [-0.39, 0.29) is 5.78 Å². The number of nitrogens with zero attached hydrogens (tertiary/aromatic N) is 4.